The Morgan fingerprint density at radius 3 is 1.96 bits per heavy atom. The van der Waals surface area contributed by atoms with Crippen LogP contribution in [0.3, 0.4) is 0 Å². The minimum absolute atomic E-state index is 0.0598. The number of nitrogens with two attached hydrogens (primary N) is 1. The van der Waals surface area contributed by atoms with Crippen molar-refractivity contribution in [1.29, 1.82) is 5.26 Å². The molecule has 0 aliphatic heterocycles. The predicted molar refractivity (Wildman–Crippen MR) is 161 cm³/mol. The number of carbonyl (C=O) groups is 4. The smallest absolute Gasteiger partial charge is 0.368 e. The normalized spacial score (nSPS) is 11.8. The van der Waals surface area contributed by atoms with Crippen molar-refractivity contribution in [2.24, 2.45) is 5.73 Å². The maximum absolute atomic E-state index is 16.0. The maximum Gasteiger partial charge on any atom is 0.435 e. The minimum Gasteiger partial charge on any atom is -0.368 e. The number of nitrogens with zero attached hydrogens (tertiary/aromatic N) is 2. The van der Waals surface area contributed by atoms with Gasteiger partial charge in [0.1, 0.15) is 0 Å². The van der Waals surface area contributed by atoms with Crippen molar-refractivity contribution in [2.45, 2.75) is 24.4 Å². The van der Waals surface area contributed by atoms with Crippen molar-refractivity contribution >= 4 is 66.9 Å². The molecule has 0 saturated carbocycles. The summed E-state index contributed by atoms with van der Waals surface area (Å²) in [5.74, 6) is -5.14. The molecule has 4 amide bonds. The van der Waals surface area contributed by atoms with Crippen LogP contribution in [-0.2, 0) is 15.3 Å². The number of alkyl halides is 7. The van der Waals surface area contributed by atoms with E-state index in [1.165, 1.54) is 24.3 Å². The molecule has 0 fully saturated rings. The minimum atomic E-state index is -6.41. The Balaban J connectivity index is 2.01. The highest BCUT2D eigenvalue weighted by molar-refractivity contribution is 9.11. The van der Waals surface area contributed by atoms with Gasteiger partial charge < -0.3 is 21.3 Å². The summed E-state index contributed by atoms with van der Waals surface area (Å²) in [4.78, 5) is 50.6. The molecule has 0 aromatic heterocycles. The summed E-state index contributed by atoms with van der Waals surface area (Å²) in [6, 6.07) is 10.4. The highest BCUT2D eigenvalue weighted by atomic mass is 79.9. The van der Waals surface area contributed by atoms with Crippen molar-refractivity contribution in [3.63, 3.8) is 0 Å². The van der Waals surface area contributed by atoms with Crippen LogP contribution in [0.2, 0.25) is 0 Å². The SMILES string of the molecule is N#Cc1ccc(C(=O)N(CCC(=O)NCC(N)=O)c2cccc(C(=O)Nc3c(Br)cc(C(F)(C(F)(F)F)C(F)(F)F)cc3Br)c2F)cc1. The van der Waals surface area contributed by atoms with Crippen LogP contribution in [0.15, 0.2) is 63.5 Å². The highest BCUT2D eigenvalue weighted by Gasteiger charge is 2.73. The van der Waals surface area contributed by atoms with Gasteiger partial charge in [0.2, 0.25) is 11.8 Å². The molecule has 19 heteroatoms. The van der Waals surface area contributed by atoms with Crippen molar-refractivity contribution in [3.05, 3.63) is 91.6 Å². The van der Waals surface area contributed by atoms with Crippen LogP contribution in [0.5, 0.6) is 0 Å². The molecular formula is C29H19Br2F8N5O4. The zero-order chi connectivity index (χ0) is 36.2. The molecular weight excluding hydrogens is 794 g/mol. The Morgan fingerprint density at radius 2 is 1.46 bits per heavy atom. The van der Waals surface area contributed by atoms with Crippen LogP contribution in [0, 0.1) is 17.1 Å². The average Bonchev–Trinajstić information content (AvgIpc) is 3.00. The van der Waals surface area contributed by atoms with Gasteiger partial charge in [0, 0.05) is 33.0 Å². The predicted octanol–water partition coefficient (Wildman–Crippen LogP) is 6.40. The number of hydrogen-bond donors (Lipinski definition) is 3. The van der Waals surface area contributed by atoms with Crippen LogP contribution in [0.4, 0.5) is 46.5 Å². The first kappa shape index (κ1) is 37.9. The second-order valence-corrected chi connectivity index (χ2v) is 11.4. The van der Waals surface area contributed by atoms with Crippen LogP contribution >= 0.6 is 31.9 Å². The first-order valence-corrected chi connectivity index (χ1v) is 14.6. The molecule has 48 heavy (non-hydrogen) atoms. The lowest BCUT2D eigenvalue weighted by Crippen LogP contribution is -2.50. The number of benzene rings is 3. The fourth-order valence-corrected chi connectivity index (χ4v) is 5.51. The lowest BCUT2D eigenvalue weighted by atomic mass is 9.94. The molecule has 0 saturated heterocycles. The monoisotopic (exact) mass is 811 g/mol. The fraction of sp³-hybridized carbons (Fsp3) is 0.207. The number of carbonyl (C=O) groups excluding carboxylic acids is 4. The summed E-state index contributed by atoms with van der Waals surface area (Å²) in [5, 5.41) is 13.3. The van der Waals surface area contributed by atoms with E-state index < -0.39 is 98.4 Å². The summed E-state index contributed by atoms with van der Waals surface area (Å²) in [6.45, 7) is -1.04. The Labute approximate surface area is 282 Å². The molecule has 0 aliphatic rings. The molecule has 3 aromatic carbocycles. The van der Waals surface area contributed by atoms with Crippen molar-refractivity contribution in [1.82, 2.24) is 5.32 Å². The van der Waals surface area contributed by atoms with Crippen LogP contribution in [0.1, 0.15) is 38.3 Å². The third-order valence-corrected chi connectivity index (χ3v) is 7.75. The molecule has 9 nitrogen and oxygen atoms in total. The Hall–Kier alpha value is -4.57. The zero-order valence-electron chi connectivity index (χ0n) is 23.7. The quantitative estimate of drug-likeness (QED) is 0.203. The van der Waals surface area contributed by atoms with E-state index in [0.717, 1.165) is 23.1 Å². The van der Waals surface area contributed by atoms with Gasteiger partial charge in [-0.2, -0.15) is 31.6 Å². The number of nitrogens with one attached hydrogen (secondary N) is 2. The van der Waals surface area contributed by atoms with E-state index in [4.69, 9.17) is 11.0 Å². The zero-order valence-corrected chi connectivity index (χ0v) is 26.9. The Bertz CT molecular complexity index is 1760. The molecule has 0 radical (unpaired) electrons. The van der Waals surface area contributed by atoms with Crippen LogP contribution in [-0.4, -0.2) is 49.1 Å². The summed E-state index contributed by atoms with van der Waals surface area (Å²) < 4.78 is 109. The van der Waals surface area contributed by atoms with Crippen LogP contribution < -0.4 is 21.3 Å². The van der Waals surface area contributed by atoms with Gasteiger partial charge in [0.05, 0.1) is 35.1 Å². The van der Waals surface area contributed by atoms with E-state index >= 15 is 4.39 Å². The number of primary amides is 1. The third kappa shape index (κ3) is 8.10. The maximum atomic E-state index is 16.0. The van der Waals surface area contributed by atoms with E-state index in [0.29, 0.717) is 0 Å². The number of amides is 4. The largest absolute Gasteiger partial charge is 0.435 e. The molecule has 4 N–H and O–H groups in total. The molecule has 0 bridgehead atoms. The average molecular weight is 813 g/mol. The van der Waals surface area contributed by atoms with Crippen molar-refractivity contribution in [2.75, 3.05) is 23.3 Å². The molecule has 0 heterocycles. The van der Waals surface area contributed by atoms with Gasteiger partial charge in [-0.05, 0) is 80.4 Å². The van der Waals surface area contributed by atoms with E-state index in [1.54, 1.807) is 0 Å². The Kier molecular flexibility index (Phi) is 11.6. The fourth-order valence-electron chi connectivity index (χ4n) is 4.13. The van der Waals surface area contributed by atoms with Gasteiger partial charge in [-0.3, -0.25) is 19.2 Å². The summed E-state index contributed by atoms with van der Waals surface area (Å²) in [7, 11) is 0. The number of nitriles is 1. The highest BCUT2D eigenvalue weighted by Crippen LogP contribution is 2.54. The molecule has 0 spiro atoms. The summed E-state index contributed by atoms with van der Waals surface area (Å²) in [5.41, 5.74) is -4.34. The van der Waals surface area contributed by atoms with Gasteiger partial charge in [-0.15, -0.1) is 0 Å². The second-order valence-electron chi connectivity index (χ2n) is 9.70. The van der Waals surface area contributed by atoms with Gasteiger partial charge in [-0.1, -0.05) is 6.07 Å². The van der Waals surface area contributed by atoms with Gasteiger partial charge in [-0.25, -0.2) is 8.78 Å². The lowest BCUT2D eigenvalue weighted by Gasteiger charge is -2.31. The van der Waals surface area contributed by atoms with E-state index in [2.05, 4.69) is 42.5 Å². The van der Waals surface area contributed by atoms with Gasteiger partial charge >= 0.3 is 18.0 Å². The molecule has 3 rings (SSSR count). The molecule has 0 aliphatic carbocycles. The number of hydrogen-bond acceptors (Lipinski definition) is 5. The summed E-state index contributed by atoms with van der Waals surface area (Å²) >= 11 is 5.42. The first-order valence-electron chi connectivity index (χ1n) is 13.0. The van der Waals surface area contributed by atoms with Gasteiger partial charge in [0.15, 0.2) is 5.82 Å². The van der Waals surface area contributed by atoms with Crippen LogP contribution in [0.25, 0.3) is 0 Å². The summed E-state index contributed by atoms with van der Waals surface area (Å²) in [6.07, 6.45) is -13.3. The van der Waals surface area contributed by atoms with E-state index in [9.17, 15) is 49.9 Å². The van der Waals surface area contributed by atoms with E-state index in [-0.39, 0.29) is 23.3 Å². The van der Waals surface area contributed by atoms with Crippen molar-refractivity contribution in [3.8, 4) is 6.07 Å². The number of halogens is 10. The topological polar surface area (TPSA) is 145 Å². The number of rotatable bonds is 10. The van der Waals surface area contributed by atoms with E-state index in [1.807, 2.05) is 6.07 Å². The molecule has 0 unspecified atom stereocenters. The van der Waals surface area contributed by atoms with Crippen molar-refractivity contribution < 1.29 is 54.3 Å². The second kappa shape index (κ2) is 14.7. The lowest BCUT2D eigenvalue weighted by molar-refractivity contribution is -0.348. The van der Waals surface area contributed by atoms with Gasteiger partial charge in [0.25, 0.3) is 11.8 Å². The standard InChI is InChI=1S/C29H19Br2F8N5O4/c30-18-10-16(27(33,28(34,35)36)29(37,38)39)11-19(31)24(18)43-25(47)17-2-1-3-20(23(17)32)44(9-8-22(46)42-13-21(41)45)26(48)15-6-4-14(12-40)5-7-15/h1-7,10-11H,8-9,13H2,(H2,41,45)(H,42,46)(H,43,47). The number of anilines is 2. The first-order chi connectivity index (χ1) is 22.2. The molecule has 254 valence electrons. The third-order valence-electron chi connectivity index (χ3n) is 6.50. The Morgan fingerprint density at radius 1 is 0.896 bits per heavy atom. The molecule has 3 aromatic rings. The molecule has 0 atom stereocenters.